The molecule has 13 nitrogen and oxygen atoms in total. The third-order valence-corrected chi connectivity index (χ3v) is 5.91. The molecule has 1 aliphatic heterocycles. The van der Waals surface area contributed by atoms with Crippen LogP contribution in [0.25, 0.3) is 0 Å². The fraction of sp³-hybridized carbons (Fsp3) is 0.368. The first kappa shape index (κ1) is 22.7. The maximum atomic E-state index is 12.1. The maximum absolute atomic E-state index is 12.1. The monoisotopic (exact) mass is 445 g/mol. The highest BCUT2D eigenvalue weighted by Crippen LogP contribution is 2.49. The smallest absolute Gasteiger partial charge is 0.274 e. The first-order valence-corrected chi connectivity index (χ1v) is 9.48. The Kier molecular flexibility index (Phi) is 5.86. The average Bonchev–Trinajstić information content (AvgIpc) is 2.71. The Balaban J connectivity index is 2.29. The van der Waals surface area contributed by atoms with E-state index < -0.39 is 60.7 Å². The Morgan fingerprint density at radius 2 is 1.03 bits per heavy atom. The van der Waals surface area contributed by atoms with Crippen molar-refractivity contribution in [1.29, 1.82) is 0 Å². The van der Waals surface area contributed by atoms with Gasteiger partial charge in [-0.15, -0.1) is 0 Å². The molecule has 0 radical (unpaired) electrons. The SMILES string of the molecule is CC1(C)C([N+](=O)[O-])C(c2ccccc2[N+](=O)[O-])NC(c2ccccc2[N+](=O)[O-])C1[N+](=O)[O-]. The van der Waals surface area contributed by atoms with Crippen molar-refractivity contribution in [3.63, 3.8) is 0 Å². The highest BCUT2D eigenvalue weighted by Gasteiger charge is 2.64. The van der Waals surface area contributed by atoms with Gasteiger partial charge in [-0.3, -0.25) is 45.8 Å². The van der Waals surface area contributed by atoms with Gasteiger partial charge in [-0.1, -0.05) is 36.4 Å². The summed E-state index contributed by atoms with van der Waals surface area (Å²) in [4.78, 5) is 44.6. The lowest BCUT2D eigenvalue weighted by molar-refractivity contribution is -0.605. The van der Waals surface area contributed by atoms with Crippen molar-refractivity contribution in [3.05, 3.63) is 100 Å². The van der Waals surface area contributed by atoms with Gasteiger partial charge >= 0.3 is 0 Å². The second kappa shape index (κ2) is 8.26. The van der Waals surface area contributed by atoms with E-state index in [1.807, 2.05) is 0 Å². The molecule has 32 heavy (non-hydrogen) atoms. The van der Waals surface area contributed by atoms with Gasteiger partial charge in [0.25, 0.3) is 11.4 Å². The van der Waals surface area contributed by atoms with Gasteiger partial charge < -0.3 is 0 Å². The minimum Gasteiger partial charge on any atom is -0.291 e. The van der Waals surface area contributed by atoms with E-state index in [2.05, 4.69) is 5.32 Å². The summed E-state index contributed by atoms with van der Waals surface area (Å²) in [6, 6.07) is 4.88. The largest absolute Gasteiger partial charge is 0.291 e. The quantitative estimate of drug-likeness (QED) is 0.515. The molecule has 168 valence electrons. The van der Waals surface area contributed by atoms with Crippen LogP contribution in [0.5, 0.6) is 0 Å². The number of para-hydroxylation sites is 2. The van der Waals surface area contributed by atoms with Crippen molar-refractivity contribution >= 4 is 11.4 Å². The van der Waals surface area contributed by atoms with Crippen LogP contribution in [-0.2, 0) is 0 Å². The van der Waals surface area contributed by atoms with Gasteiger partial charge in [0.2, 0.25) is 12.1 Å². The van der Waals surface area contributed by atoms with Gasteiger partial charge in [-0.05, 0) is 13.8 Å². The Hall–Kier alpha value is -4.00. The Morgan fingerprint density at radius 1 is 0.688 bits per heavy atom. The topological polar surface area (TPSA) is 185 Å². The van der Waals surface area contributed by atoms with Crippen LogP contribution in [0.3, 0.4) is 0 Å². The third kappa shape index (κ3) is 3.73. The molecular weight excluding hydrogens is 426 g/mol. The summed E-state index contributed by atoms with van der Waals surface area (Å²) in [5.41, 5.74) is -2.49. The van der Waals surface area contributed by atoms with Crippen LogP contribution >= 0.6 is 0 Å². The van der Waals surface area contributed by atoms with Gasteiger partial charge in [0, 0.05) is 22.0 Å². The molecule has 0 aliphatic carbocycles. The molecule has 3 rings (SSSR count). The molecule has 4 atom stereocenters. The van der Waals surface area contributed by atoms with Crippen LogP contribution < -0.4 is 5.32 Å². The fourth-order valence-corrected chi connectivity index (χ4v) is 4.55. The molecule has 4 unspecified atom stereocenters. The number of piperidine rings is 1. The maximum Gasteiger partial charge on any atom is 0.274 e. The molecule has 1 N–H and O–H groups in total. The summed E-state index contributed by atoms with van der Waals surface area (Å²) in [5, 5.41) is 50.1. The first-order chi connectivity index (χ1) is 15.0. The Morgan fingerprint density at radius 3 is 1.34 bits per heavy atom. The number of nitro groups is 4. The van der Waals surface area contributed by atoms with E-state index in [9.17, 15) is 40.5 Å². The molecule has 2 aromatic carbocycles. The first-order valence-electron chi connectivity index (χ1n) is 9.48. The molecule has 1 aliphatic rings. The standard InChI is InChI=1S/C19H19N5O8/c1-19(2)17(23(29)30)15(11-7-3-5-9-13(11)21(25)26)20-16(18(19)24(31)32)12-8-4-6-10-14(12)22(27)28/h3-10,15-18,20H,1-2H3. The van der Waals surface area contributed by atoms with E-state index in [1.165, 1.54) is 62.4 Å². The zero-order valence-electron chi connectivity index (χ0n) is 17.0. The Bertz CT molecular complexity index is 1020. The highest BCUT2D eigenvalue weighted by atomic mass is 16.6. The molecule has 0 saturated carbocycles. The molecule has 1 heterocycles. The predicted octanol–water partition coefficient (Wildman–Crippen LogP) is 3.21. The van der Waals surface area contributed by atoms with Crippen molar-refractivity contribution in [2.24, 2.45) is 5.41 Å². The van der Waals surface area contributed by atoms with Crippen LogP contribution in [0.2, 0.25) is 0 Å². The molecule has 0 amide bonds. The van der Waals surface area contributed by atoms with E-state index in [1.54, 1.807) is 0 Å². The number of nitro benzene ring substituents is 2. The normalized spacial score (nSPS) is 24.4. The summed E-state index contributed by atoms with van der Waals surface area (Å²) >= 11 is 0. The van der Waals surface area contributed by atoms with Crippen molar-refractivity contribution in [1.82, 2.24) is 5.32 Å². The highest BCUT2D eigenvalue weighted by molar-refractivity contribution is 5.46. The van der Waals surface area contributed by atoms with E-state index in [-0.39, 0.29) is 11.1 Å². The number of hydrogen-bond acceptors (Lipinski definition) is 9. The lowest BCUT2D eigenvalue weighted by Crippen LogP contribution is -2.63. The van der Waals surface area contributed by atoms with Gasteiger partial charge in [0.05, 0.1) is 21.0 Å². The van der Waals surface area contributed by atoms with Crippen molar-refractivity contribution in [3.8, 4) is 0 Å². The van der Waals surface area contributed by atoms with E-state index in [0.717, 1.165) is 0 Å². The second-order valence-corrected chi connectivity index (χ2v) is 8.04. The number of rotatable bonds is 6. The van der Waals surface area contributed by atoms with Crippen LogP contribution in [-0.4, -0.2) is 31.8 Å². The Labute approximate surface area is 180 Å². The molecule has 0 spiro atoms. The van der Waals surface area contributed by atoms with E-state index in [0.29, 0.717) is 0 Å². The fourth-order valence-electron chi connectivity index (χ4n) is 4.55. The summed E-state index contributed by atoms with van der Waals surface area (Å²) in [5.74, 6) is 0. The molecular formula is C19H19N5O8. The van der Waals surface area contributed by atoms with E-state index in [4.69, 9.17) is 0 Å². The number of benzene rings is 2. The van der Waals surface area contributed by atoms with Crippen LogP contribution in [0.1, 0.15) is 37.1 Å². The van der Waals surface area contributed by atoms with Crippen molar-refractivity contribution < 1.29 is 19.7 Å². The number of nitrogens with one attached hydrogen (secondary N) is 1. The predicted molar refractivity (Wildman–Crippen MR) is 110 cm³/mol. The molecule has 1 fully saturated rings. The lowest BCUT2D eigenvalue weighted by atomic mass is 9.66. The van der Waals surface area contributed by atoms with Gasteiger partial charge in [-0.2, -0.15) is 0 Å². The second-order valence-electron chi connectivity index (χ2n) is 8.04. The van der Waals surface area contributed by atoms with Crippen molar-refractivity contribution in [2.75, 3.05) is 0 Å². The van der Waals surface area contributed by atoms with Crippen LogP contribution in [0, 0.1) is 45.9 Å². The zero-order valence-corrected chi connectivity index (χ0v) is 17.0. The van der Waals surface area contributed by atoms with Gasteiger partial charge in [-0.25, -0.2) is 0 Å². The third-order valence-electron chi connectivity index (χ3n) is 5.91. The minimum atomic E-state index is -1.64. The molecule has 0 aromatic heterocycles. The lowest BCUT2D eigenvalue weighted by Gasteiger charge is -2.44. The average molecular weight is 445 g/mol. The summed E-state index contributed by atoms with van der Waals surface area (Å²) in [7, 11) is 0. The number of nitrogens with zero attached hydrogens (tertiary/aromatic N) is 4. The van der Waals surface area contributed by atoms with Gasteiger partial charge in [0.15, 0.2) is 0 Å². The minimum absolute atomic E-state index is 0.0299. The summed E-state index contributed by atoms with van der Waals surface area (Å²) < 4.78 is 0. The van der Waals surface area contributed by atoms with E-state index >= 15 is 0 Å². The molecule has 13 heteroatoms. The molecule has 0 bridgehead atoms. The zero-order chi connectivity index (χ0) is 23.8. The van der Waals surface area contributed by atoms with Gasteiger partial charge in [0.1, 0.15) is 17.5 Å². The molecule has 2 aromatic rings. The van der Waals surface area contributed by atoms with Crippen LogP contribution in [0.15, 0.2) is 48.5 Å². The summed E-state index contributed by atoms with van der Waals surface area (Å²) in [6.07, 6.45) is 0. The van der Waals surface area contributed by atoms with Crippen molar-refractivity contribution in [2.45, 2.75) is 38.0 Å². The van der Waals surface area contributed by atoms with Crippen LogP contribution in [0.4, 0.5) is 11.4 Å². The summed E-state index contributed by atoms with van der Waals surface area (Å²) in [6.45, 7) is 2.66. The molecule has 1 saturated heterocycles. The number of hydrogen-bond donors (Lipinski definition) is 1.